The predicted octanol–water partition coefficient (Wildman–Crippen LogP) is 2.25. The average molecular weight is 430 g/mol. The minimum absolute atomic E-state index is 0.0175. The Balaban J connectivity index is 2.08. The standard InChI is InChI=1S/C20H22N4O5S/c1-27-12-10-15(18(16(11-12)28-2)29-8-9-30(3)26)24-20-17(19(21)25)22-13-6-4-5-7-14(13)23-20/h4-7,10-11H,8-9H2,1-3H3,(H2,21,25)(H,23,24). The molecule has 0 fully saturated rings. The summed E-state index contributed by atoms with van der Waals surface area (Å²) in [5.41, 5.74) is 7.07. The number of rotatable bonds is 9. The van der Waals surface area contributed by atoms with E-state index in [0.717, 1.165) is 0 Å². The zero-order valence-corrected chi connectivity index (χ0v) is 17.6. The van der Waals surface area contributed by atoms with Gasteiger partial charge in [0, 0.05) is 12.1 Å². The number of ether oxygens (including phenoxy) is 3. The number of aromatic nitrogens is 2. The van der Waals surface area contributed by atoms with Crippen LogP contribution in [0, 0.1) is 0 Å². The average Bonchev–Trinajstić information content (AvgIpc) is 2.73. The maximum Gasteiger partial charge on any atom is 0.271 e. The van der Waals surface area contributed by atoms with Crippen molar-refractivity contribution in [3.63, 3.8) is 0 Å². The fraction of sp³-hybridized carbons (Fsp3) is 0.250. The van der Waals surface area contributed by atoms with Gasteiger partial charge in [0.15, 0.2) is 23.0 Å². The van der Waals surface area contributed by atoms with Gasteiger partial charge in [-0.25, -0.2) is 9.97 Å². The van der Waals surface area contributed by atoms with E-state index in [0.29, 0.717) is 39.7 Å². The molecule has 0 saturated heterocycles. The summed E-state index contributed by atoms with van der Waals surface area (Å²) in [6.07, 6.45) is 1.59. The van der Waals surface area contributed by atoms with Crippen LogP contribution in [0.5, 0.6) is 17.2 Å². The molecule has 3 aromatic rings. The van der Waals surface area contributed by atoms with E-state index in [1.54, 1.807) is 36.6 Å². The van der Waals surface area contributed by atoms with Gasteiger partial charge in [0.25, 0.3) is 5.91 Å². The molecule has 0 spiro atoms. The highest BCUT2D eigenvalue weighted by molar-refractivity contribution is 7.90. The molecule has 0 aliphatic heterocycles. The number of primary amides is 1. The van der Waals surface area contributed by atoms with E-state index in [1.165, 1.54) is 14.2 Å². The van der Waals surface area contributed by atoms with E-state index < -0.39 is 17.1 Å². The van der Waals surface area contributed by atoms with Crippen molar-refractivity contribution in [2.24, 2.45) is 5.73 Å². The second-order valence-corrected chi connectivity index (χ2v) is 7.79. The molecule has 10 heteroatoms. The molecule has 1 aromatic heterocycles. The van der Waals surface area contributed by atoms with Gasteiger partial charge in [-0.2, -0.15) is 0 Å². The molecule has 1 atom stereocenters. The Morgan fingerprint density at radius 1 is 1.17 bits per heavy atom. The van der Waals surface area contributed by atoms with Gasteiger partial charge in [-0.1, -0.05) is 23.3 Å². The van der Waals surface area contributed by atoms with Crippen LogP contribution in [0.2, 0.25) is 0 Å². The molecule has 0 radical (unpaired) electrons. The fourth-order valence-electron chi connectivity index (χ4n) is 2.74. The van der Waals surface area contributed by atoms with E-state index in [2.05, 4.69) is 15.3 Å². The molecule has 0 aliphatic rings. The van der Waals surface area contributed by atoms with Crippen molar-refractivity contribution in [1.82, 2.24) is 9.97 Å². The number of nitrogens with two attached hydrogens (primary N) is 1. The van der Waals surface area contributed by atoms with Crippen molar-refractivity contribution in [3.8, 4) is 17.2 Å². The van der Waals surface area contributed by atoms with Gasteiger partial charge in [0.1, 0.15) is 18.1 Å². The Labute approximate surface area is 176 Å². The maximum atomic E-state index is 12.0. The number of hydrogen-bond acceptors (Lipinski definition) is 8. The molecule has 30 heavy (non-hydrogen) atoms. The molecule has 0 saturated carbocycles. The fourth-order valence-corrected chi connectivity index (χ4v) is 3.05. The lowest BCUT2D eigenvalue weighted by Gasteiger charge is -2.18. The summed E-state index contributed by atoms with van der Waals surface area (Å²) in [5.74, 6) is 1.03. The second kappa shape index (κ2) is 9.51. The summed E-state index contributed by atoms with van der Waals surface area (Å²) in [6.45, 7) is 0.201. The van der Waals surface area contributed by atoms with Crippen molar-refractivity contribution in [3.05, 3.63) is 42.1 Å². The van der Waals surface area contributed by atoms with Gasteiger partial charge in [-0.15, -0.1) is 0 Å². The number of para-hydroxylation sites is 2. The van der Waals surface area contributed by atoms with Gasteiger partial charge < -0.3 is 29.8 Å². The van der Waals surface area contributed by atoms with Gasteiger partial charge in [-0.3, -0.25) is 4.79 Å². The van der Waals surface area contributed by atoms with E-state index >= 15 is 0 Å². The second-order valence-electron chi connectivity index (χ2n) is 6.23. The van der Waals surface area contributed by atoms with E-state index in [-0.39, 0.29) is 18.1 Å². The van der Waals surface area contributed by atoms with Crippen LogP contribution in [0.1, 0.15) is 10.5 Å². The van der Waals surface area contributed by atoms with Crippen LogP contribution in [-0.4, -0.2) is 53.3 Å². The normalized spacial score (nSPS) is 11.7. The maximum absolute atomic E-state index is 12.0. The van der Waals surface area contributed by atoms with E-state index in [9.17, 15) is 9.35 Å². The Morgan fingerprint density at radius 3 is 2.47 bits per heavy atom. The zero-order valence-electron chi connectivity index (χ0n) is 16.8. The minimum atomic E-state index is -1.02. The van der Waals surface area contributed by atoms with Gasteiger partial charge >= 0.3 is 0 Å². The third-order valence-electron chi connectivity index (χ3n) is 4.16. The molecule has 3 rings (SSSR count). The Bertz CT molecular complexity index is 1060. The van der Waals surface area contributed by atoms with Crippen LogP contribution >= 0.6 is 0 Å². The lowest BCUT2D eigenvalue weighted by Crippen LogP contribution is -2.17. The predicted molar refractivity (Wildman–Crippen MR) is 115 cm³/mol. The molecule has 1 amide bonds. The number of nitrogens with one attached hydrogen (secondary N) is 1. The smallest absolute Gasteiger partial charge is 0.271 e. The number of nitrogens with zero attached hydrogens (tertiary/aromatic N) is 2. The van der Waals surface area contributed by atoms with Crippen molar-refractivity contribution in [1.29, 1.82) is 0 Å². The summed E-state index contributed by atoms with van der Waals surface area (Å²) >= 11 is -1.02. The molecule has 158 valence electrons. The molecular formula is C20H22N4O5S. The number of hydrogen-bond donors (Lipinski definition) is 2. The number of anilines is 2. The summed E-state index contributed by atoms with van der Waals surface area (Å²) in [5, 5.41) is 3.07. The van der Waals surface area contributed by atoms with Crippen LogP contribution in [0.25, 0.3) is 11.0 Å². The number of fused-ring (bicyclic) bond motifs is 1. The molecule has 2 aromatic carbocycles. The van der Waals surface area contributed by atoms with Gasteiger partial charge in [0.05, 0.1) is 37.2 Å². The first-order valence-corrected chi connectivity index (χ1v) is 10.7. The van der Waals surface area contributed by atoms with Gasteiger partial charge in [0.2, 0.25) is 0 Å². The number of benzene rings is 2. The van der Waals surface area contributed by atoms with Crippen LogP contribution in [0.15, 0.2) is 36.4 Å². The summed E-state index contributed by atoms with van der Waals surface area (Å²) in [7, 11) is 3.01. The van der Waals surface area contributed by atoms with Crippen LogP contribution in [0.3, 0.4) is 0 Å². The molecule has 9 nitrogen and oxygen atoms in total. The SMILES string of the molecule is COc1cc(Nc2nc3ccccc3nc2C(N)=O)c(OCC[S+](C)[O-])c(OC)c1. The first-order chi connectivity index (χ1) is 14.4. The third-order valence-corrected chi connectivity index (χ3v) is 4.90. The Hall–Kier alpha value is -3.24. The van der Waals surface area contributed by atoms with E-state index in [1.807, 2.05) is 6.07 Å². The molecular weight excluding hydrogens is 408 g/mol. The lowest BCUT2D eigenvalue weighted by molar-refractivity contribution is 0.0996. The highest BCUT2D eigenvalue weighted by Gasteiger charge is 2.19. The summed E-state index contributed by atoms with van der Waals surface area (Å²) in [6, 6.07) is 10.5. The molecule has 1 unspecified atom stereocenters. The monoisotopic (exact) mass is 430 g/mol. The number of methoxy groups -OCH3 is 2. The Morgan fingerprint density at radius 2 is 1.87 bits per heavy atom. The molecule has 0 aliphatic carbocycles. The number of amides is 1. The van der Waals surface area contributed by atoms with Gasteiger partial charge in [-0.05, 0) is 12.1 Å². The van der Waals surface area contributed by atoms with E-state index in [4.69, 9.17) is 19.9 Å². The first-order valence-electron chi connectivity index (χ1n) is 8.95. The third kappa shape index (κ3) is 4.84. The zero-order chi connectivity index (χ0) is 21.7. The van der Waals surface area contributed by atoms with Crippen molar-refractivity contribution >= 4 is 39.6 Å². The topological polar surface area (TPSA) is 132 Å². The highest BCUT2D eigenvalue weighted by Crippen LogP contribution is 2.41. The van der Waals surface area contributed by atoms with Crippen LogP contribution in [0.4, 0.5) is 11.5 Å². The number of carbonyl (C=O) groups excluding carboxylic acids is 1. The highest BCUT2D eigenvalue weighted by atomic mass is 32.2. The van der Waals surface area contributed by atoms with Crippen molar-refractivity contribution in [2.75, 3.05) is 38.2 Å². The summed E-state index contributed by atoms with van der Waals surface area (Å²) in [4.78, 5) is 20.8. The number of carbonyl (C=O) groups is 1. The largest absolute Gasteiger partial charge is 0.616 e. The molecule has 3 N–H and O–H groups in total. The minimum Gasteiger partial charge on any atom is -0.616 e. The van der Waals surface area contributed by atoms with Crippen LogP contribution < -0.4 is 25.3 Å². The Kier molecular flexibility index (Phi) is 6.80. The molecule has 1 heterocycles. The van der Waals surface area contributed by atoms with Crippen molar-refractivity contribution < 1.29 is 23.6 Å². The first kappa shape index (κ1) is 21.5. The summed E-state index contributed by atoms with van der Waals surface area (Å²) < 4.78 is 28.0. The molecule has 0 bridgehead atoms. The lowest BCUT2D eigenvalue weighted by atomic mass is 10.2. The van der Waals surface area contributed by atoms with Crippen molar-refractivity contribution in [2.45, 2.75) is 0 Å². The quantitative estimate of drug-likeness (QED) is 0.494. The van der Waals surface area contributed by atoms with Crippen LogP contribution in [-0.2, 0) is 11.2 Å².